The van der Waals surface area contributed by atoms with E-state index in [9.17, 15) is 63.3 Å². The third-order valence-corrected chi connectivity index (χ3v) is 13.3. The second kappa shape index (κ2) is 34.0. The van der Waals surface area contributed by atoms with Gasteiger partial charge in [0.2, 0.25) is 53.2 Å². The summed E-state index contributed by atoms with van der Waals surface area (Å²) in [6.07, 6.45) is 4.79. The van der Waals surface area contributed by atoms with Gasteiger partial charge in [-0.3, -0.25) is 48.1 Å². The quantitative estimate of drug-likeness (QED) is 0.0175. The summed E-state index contributed by atoms with van der Waals surface area (Å²) in [6, 6.07) is -10.8. The van der Waals surface area contributed by atoms with E-state index in [1.165, 1.54) is 19.4 Å². The van der Waals surface area contributed by atoms with E-state index in [1.54, 1.807) is 27.7 Å². The first kappa shape index (κ1) is 67.1. The molecule has 1 aliphatic rings. The molecule has 1 unspecified atom stereocenters. The summed E-state index contributed by atoms with van der Waals surface area (Å²) in [6.45, 7) is 8.94. The van der Waals surface area contributed by atoms with E-state index < -0.39 is 145 Å². The molecule has 0 aromatic carbocycles. The van der Waals surface area contributed by atoms with Gasteiger partial charge in [0, 0.05) is 37.9 Å². The van der Waals surface area contributed by atoms with Crippen molar-refractivity contribution in [3.05, 3.63) is 18.2 Å². The van der Waals surface area contributed by atoms with Crippen LogP contribution in [0.4, 0.5) is 0 Å². The Morgan fingerprint density at radius 3 is 1.87 bits per heavy atom. The zero-order valence-corrected chi connectivity index (χ0v) is 45.8. The Morgan fingerprint density at radius 2 is 1.32 bits per heavy atom. The van der Waals surface area contributed by atoms with Crippen molar-refractivity contribution >= 4 is 65.1 Å². The van der Waals surface area contributed by atoms with Crippen molar-refractivity contribution in [1.82, 2.24) is 57.4 Å². The van der Waals surface area contributed by atoms with Crippen molar-refractivity contribution in [1.29, 1.82) is 0 Å². The van der Waals surface area contributed by atoms with Crippen molar-refractivity contribution < 1.29 is 63.3 Å². The minimum atomic E-state index is -1.81. The Hall–Kier alpha value is -6.98. The molecule has 78 heavy (non-hydrogen) atoms. The van der Waals surface area contributed by atoms with E-state index in [0.29, 0.717) is 18.5 Å². The summed E-state index contributed by atoms with van der Waals surface area (Å²) in [4.78, 5) is 146. The molecule has 1 aliphatic carbocycles. The van der Waals surface area contributed by atoms with Crippen LogP contribution < -0.4 is 65.5 Å². The van der Waals surface area contributed by atoms with E-state index >= 15 is 0 Å². The van der Waals surface area contributed by atoms with Crippen LogP contribution >= 0.6 is 0 Å². The lowest BCUT2D eigenvalue weighted by Crippen LogP contribution is -2.62. The first-order chi connectivity index (χ1) is 36.7. The van der Waals surface area contributed by atoms with E-state index in [-0.39, 0.29) is 50.8 Å². The number of guanidine groups is 1. The zero-order valence-electron chi connectivity index (χ0n) is 45.8. The van der Waals surface area contributed by atoms with Crippen molar-refractivity contribution in [3.63, 3.8) is 0 Å². The third kappa shape index (κ3) is 23.3. The van der Waals surface area contributed by atoms with Gasteiger partial charge in [-0.1, -0.05) is 66.2 Å². The number of carboxylic acids is 1. The van der Waals surface area contributed by atoms with Crippen LogP contribution in [0, 0.1) is 17.8 Å². The van der Waals surface area contributed by atoms with Crippen LogP contribution in [0.1, 0.15) is 112 Å². The molecule has 0 aliphatic heterocycles. The molecule has 1 heterocycles. The van der Waals surface area contributed by atoms with E-state index in [4.69, 9.17) is 22.9 Å². The van der Waals surface area contributed by atoms with Gasteiger partial charge in [-0.25, -0.2) is 9.78 Å². The predicted octanol–water partition coefficient (Wildman–Crippen LogP) is -4.83. The number of hydrogen-bond donors (Lipinski definition) is 16. The van der Waals surface area contributed by atoms with Gasteiger partial charge in [0.05, 0.1) is 37.7 Å². The molecule has 0 bridgehead atoms. The van der Waals surface area contributed by atoms with Gasteiger partial charge in [-0.05, 0) is 57.8 Å². The topological polar surface area (TPSA) is 476 Å². The number of carbonyl (C=O) groups is 10. The number of aliphatic hydroxyl groups excluding tert-OH is 2. The first-order valence-corrected chi connectivity index (χ1v) is 26.4. The molecule has 1 fully saturated rings. The minimum Gasteiger partial charge on any atom is -0.480 e. The molecule has 0 saturated heterocycles. The monoisotopic (exact) mass is 1110 g/mol. The number of aliphatic imine (C=N–C) groups is 1. The number of nitrogens with zero attached hydrogens (tertiary/aromatic N) is 3. The number of amides is 9. The molecule has 9 amide bonds. The van der Waals surface area contributed by atoms with Crippen LogP contribution in [-0.2, 0) is 54.4 Å². The normalized spacial score (nSPS) is 16.8. The van der Waals surface area contributed by atoms with Crippen LogP contribution in [-0.4, -0.2) is 189 Å². The highest BCUT2D eigenvalue weighted by Gasteiger charge is 2.37. The third-order valence-electron chi connectivity index (χ3n) is 13.3. The van der Waals surface area contributed by atoms with Crippen molar-refractivity contribution in [2.75, 3.05) is 32.7 Å². The van der Waals surface area contributed by atoms with Crippen molar-refractivity contribution in [2.24, 2.45) is 45.7 Å². The van der Waals surface area contributed by atoms with E-state index in [0.717, 1.165) is 50.9 Å². The van der Waals surface area contributed by atoms with Crippen molar-refractivity contribution in [3.8, 4) is 0 Å². The largest absolute Gasteiger partial charge is 0.480 e. The number of H-pyrrole nitrogens is 1. The highest BCUT2D eigenvalue weighted by Crippen LogP contribution is 2.27. The molecule has 1 aromatic heterocycles. The number of nitrogens with two attached hydrogens (primary N) is 4. The molecule has 2 rings (SSSR count). The molecule has 1 saturated carbocycles. The molecular formula is C49H86N16O13. The number of aromatic nitrogens is 2. The number of hydrogen-bond acceptors (Lipinski definition) is 16. The molecule has 29 nitrogen and oxygen atoms in total. The molecule has 20 N–H and O–H groups in total. The van der Waals surface area contributed by atoms with Gasteiger partial charge in [0.25, 0.3) is 0 Å². The highest BCUT2D eigenvalue weighted by molar-refractivity contribution is 5.98. The lowest BCUT2D eigenvalue weighted by atomic mass is 9.84. The average molecular weight is 1110 g/mol. The number of imidazole rings is 1. The molecule has 0 spiro atoms. The Labute approximate surface area is 454 Å². The molecule has 29 heteroatoms. The lowest BCUT2D eigenvalue weighted by molar-refractivity contribution is -0.144. The van der Waals surface area contributed by atoms with Gasteiger partial charge in [-0.15, -0.1) is 0 Å². The predicted molar refractivity (Wildman–Crippen MR) is 284 cm³/mol. The SMILES string of the molecule is CCC(C)[C@H](NC(=O)CN(CCN)C(=O)CNC(=O)[C@@H](NC(=O)[C@@H](NC(=O)[C@H](Cc1cnc[nH]1)NC(=O)[C@H](CC1CCCCC1)NC(=O)[C@H](C)NC(=O)[C@@H](N)CCCN=C(N)N)[C@@H](C)O)[C@@H](C)O)C(=O)N[C@@H](C(=O)O)C(C)C. The summed E-state index contributed by atoms with van der Waals surface area (Å²) in [5.74, 6) is -9.97. The fourth-order valence-electron chi connectivity index (χ4n) is 8.41. The Morgan fingerprint density at radius 1 is 0.744 bits per heavy atom. The molecule has 1 aromatic rings. The summed E-state index contributed by atoms with van der Waals surface area (Å²) in [5.41, 5.74) is 22.8. The number of aliphatic carboxylic acids is 1. The minimum absolute atomic E-state index is 0.0240. The van der Waals surface area contributed by atoms with Gasteiger partial charge in [0.15, 0.2) is 5.96 Å². The number of carbonyl (C=O) groups excluding carboxylic acids is 9. The number of rotatable bonds is 34. The second-order valence-electron chi connectivity index (χ2n) is 20.2. The highest BCUT2D eigenvalue weighted by atomic mass is 16.4. The number of nitrogens with one attached hydrogen (secondary N) is 9. The molecular weight excluding hydrogens is 1020 g/mol. The van der Waals surface area contributed by atoms with E-state index in [2.05, 4.69) is 57.5 Å². The van der Waals surface area contributed by atoms with Gasteiger partial charge >= 0.3 is 5.97 Å². The smallest absolute Gasteiger partial charge is 0.326 e. The molecule has 11 atom stereocenters. The first-order valence-electron chi connectivity index (χ1n) is 26.4. The standard InChI is InChI=1S/C49H86N16O13/c1-8-26(4)38(46(75)62-37(25(2)3)48(77)78)61-35(68)23-65(18-16-50)36(69)22-56-45(74)39(28(6)66)64-47(76)40(29(7)67)63-44(73)34(20-31-21-54-24-57-31)60-43(72)33(19-30-13-10-9-11-14-30)59-41(70)27(5)58-42(71)32(51)15-12-17-55-49(52)53/h21,24-30,32-34,37-40,66-67H,8-20,22-23,50-51H2,1-7H3,(H,54,57)(H,56,74)(H,58,71)(H,59,70)(H,60,72)(H,61,68)(H,62,75)(H,63,73)(H,64,76)(H,77,78)(H4,52,53,55)/t26?,27-,28+,29+,32-,33-,34-,37+,38-,39-,40-/m0/s1. The zero-order chi connectivity index (χ0) is 58.8. The Balaban J connectivity index is 2.25. The van der Waals surface area contributed by atoms with Gasteiger partial charge in [0.1, 0.15) is 42.3 Å². The van der Waals surface area contributed by atoms with Crippen LogP contribution in [0.2, 0.25) is 0 Å². The van der Waals surface area contributed by atoms with E-state index in [1.807, 2.05) is 0 Å². The van der Waals surface area contributed by atoms with Crippen LogP contribution in [0.15, 0.2) is 17.5 Å². The lowest BCUT2D eigenvalue weighted by Gasteiger charge is -2.30. The summed E-state index contributed by atoms with van der Waals surface area (Å²) >= 11 is 0. The maximum Gasteiger partial charge on any atom is 0.326 e. The Kier molecular flexibility index (Phi) is 29.3. The molecule has 0 radical (unpaired) electrons. The summed E-state index contributed by atoms with van der Waals surface area (Å²) in [5, 5.41) is 51.0. The summed E-state index contributed by atoms with van der Waals surface area (Å²) in [7, 11) is 0. The van der Waals surface area contributed by atoms with Crippen LogP contribution in [0.25, 0.3) is 0 Å². The van der Waals surface area contributed by atoms with Crippen molar-refractivity contribution in [2.45, 2.75) is 173 Å². The fourth-order valence-corrected chi connectivity index (χ4v) is 8.41. The maximum atomic E-state index is 14.3. The number of aliphatic hydroxyl groups is 2. The average Bonchev–Trinajstić information content (AvgIpc) is 3.90. The van der Waals surface area contributed by atoms with Crippen LogP contribution in [0.3, 0.4) is 0 Å². The maximum absolute atomic E-state index is 14.3. The molecule has 440 valence electrons. The van der Waals surface area contributed by atoms with Gasteiger partial charge in [-0.2, -0.15) is 0 Å². The summed E-state index contributed by atoms with van der Waals surface area (Å²) < 4.78 is 0. The fraction of sp³-hybridized carbons (Fsp3) is 0.714. The van der Waals surface area contributed by atoms with Gasteiger partial charge < -0.3 is 90.7 Å². The Bertz CT molecular complexity index is 2170. The number of aromatic amines is 1. The second-order valence-corrected chi connectivity index (χ2v) is 20.2. The number of carboxylic acid groups (broad SMARTS) is 1. The van der Waals surface area contributed by atoms with Crippen LogP contribution in [0.5, 0.6) is 0 Å².